The molecule has 0 saturated carbocycles. The number of anilines is 1. The average molecular weight is 320 g/mol. The molecule has 2 heterocycles. The molecule has 0 saturated heterocycles. The zero-order valence-corrected chi connectivity index (χ0v) is 13.3. The van der Waals surface area contributed by atoms with E-state index in [-0.39, 0.29) is 0 Å². The number of aromatic nitrogens is 3. The monoisotopic (exact) mass is 320 g/mol. The van der Waals surface area contributed by atoms with E-state index in [0.717, 1.165) is 21.3 Å². The Kier molecular flexibility index (Phi) is 4.31. The van der Waals surface area contributed by atoms with Crippen LogP contribution in [0.15, 0.2) is 36.5 Å². The molecule has 5 nitrogen and oxygen atoms in total. The number of aryl methyl sites for hydroxylation is 1. The molecular weight excluding hydrogens is 304 g/mol. The highest BCUT2D eigenvalue weighted by atomic mass is 32.2. The maximum Gasteiger partial charge on any atom is 0.214 e. The predicted octanol–water partition coefficient (Wildman–Crippen LogP) is 2.46. The highest BCUT2D eigenvalue weighted by Gasteiger charge is 2.06. The molecule has 110 valence electrons. The first-order valence-corrected chi connectivity index (χ1v) is 8.97. The van der Waals surface area contributed by atoms with Crippen LogP contribution in [-0.4, -0.2) is 31.1 Å². The van der Waals surface area contributed by atoms with E-state index in [9.17, 15) is 4.21 Å². The summed E-state index contributed by atoms with van der Waals surface area (Å²) in [6.45, 7) is 2.59. The van der Waals surface area contributed by atoms with Crippen LogP contribution in [0.25, 0.3) is 4.96 Å². The molecule has 1 atom stereocenters. The van der Waals surface area contributed by atoms with Crippen LogP contribution in [0.2, 0.25) is 0 Å². The smallest absolute Gasteiger partial charge is 0.214 e. The summed E-state index contributed by atoms with van der Waals surface area (Å²) in [7, 11) is -0.865. The van der Waals surface area contributed by atoms with E-state index in [1.54, 1.807) is 4.52 Å². The minimum absolute atomic E-state index is 0.600. The van der Waals surface area contributed by atoms with Crippen LogP contribution in [0.5, 0.6) is 0 Å². The van der Waals surface area contributed by atoms with Crippen molar-refractivity contribution in [2.24, 2.45) is 0 Å². The molecule has 0 spiro atoms. The number of rotatable bonds is 6. The van der Waals surface area contributed by atoms with Crippen molar-refractivity contribution < 1.29 is 4.21 Å². The standard InChI is InChI=1S/C14H16N4OS2/c1-11-9-18-14(16-11)20-13(17-18)15-7-8-21(19)10-12-5-3-2-4-6-12/h2-6,9H,7-8,10H2,1H3,(H,15,17). The van der Waals surface area contributed by atoms with Crippen molar-refractivity contribution >= 4 is 32.2 Å². The molecule has 0 aliphatic heterocycles. The lowest BCUT2D eigenvalue weighted by atomic mass is 10.2. The third kappa shape index (κ3) is 3.68. The van der Waals surface area contributed by atoms with Crippen LogP contribution in [0.3, 0.4) is 0 Å². The second-order valence-electron chi connectivity index (χ2n) is 4.72. The largest absolute Gasteiger partial charge is 0.359 e. The second-order valence-corrected chi connectivity index (χ2v) is 7.25. The Bertz CT molecular complexity index is 719. The van der Waals surface area contributed by atoms with Gasteiger partial charge in [-0.05, 0) is 12.5 Å². The van der Waals surface area contributed by atoms with Gasteiger partial charge in [-0.2, -0.15) is 0 Å². The van der Waals surface area contributed by atoms with Gasteiger partial charge >= 0.3 is 0 Å². The fourth-order valence-corrected chi connectivity index (χ4v) is 3.88. The SMILES string of the molecule is Cc1cn2nc(NCCS(=O)Cc3ccccc3)sc2n1. The van der Waals surface area contributed by atoms with Crippen molar-refractivity contribution in [3.63, 3.8) is 0 Å². The molecule has 1 N–H and O–H groups in total. The normalized spacial score (nSPS) is 12.6. The molecule has 0 aliphatic carbocycles. The Balaban J connectivity index is 1.49. The van der Waals surface area contributed by atoms with Gasteiger partial charge in [-0.25, -0.2) is 9.50 Å². The van der Waals surface area contributed by atoms with Gasteiger partial charge in [0.05, 0.1) is 11.9 Å². The summed E-state index contributed by atoms with van der Waals surface area (Å²) in [5, 5.41) is 8.40. The number of nitrogens with one attached hydrogen (secondary N) is 1. The number of imidazole rings is 1. The Morgan fingerprint density at radius 1 is 1.33 bits per heavy atom. The number of benzene rings is 1. The summed E-state index contributed by atoms with van der Waals surface area (Å²) >= 11 is 1.50. The molecule has 3 rings (SSSR count). The number of hydrogen-bond donors (Lipinski definition) is 1. The maximum absolute atomic E-state index is 12.0. The topological polar surface area (TPSA) is 59.3 Å². The third-order valence-corrected chi connectivity index (χ3v) is 5.14. The number of fused-ring (bicyclic) bond motifs is 1. The van der Waals surface area contributed by atoms with Gasteiger partial charge in [0.1, 0.15) is 0 Å². The first kappa shape index (κ1) is 14.2. The molecule has 0 amide bonds. The lowest BCUT2D eigenvalue weighted by Crippen LogP contribution is -2.12. The quantitative estimate of drug-likeness (QED) is 0.758. The highest BCUT2D eigenvalue weighted by molar-refractivity contribution is 7.84. The highest BCUT2D eigenvalue weighted by Crippen LogP contribution is 2.18. The van der Waals surface area contributed by atoms with Crippen LogP contribution in [0.4, 0.5) is 5.13 Å². The summed E-state index contributed by atoms with van der Waals surface area (Å²) in [5.41, 5.74) is 2.07. The Hall–Kier alpha value is -1.73. The number of hydrogen-bond acceptors (Lipinski definition) is 5. The van der Waals surface area contributed by atoms with E-state index in [1.807, 2.05) is 43.5 Å². The number of nitrogens with zero attached hydrogens (tertiary/aromatic N) is 3. The second kappa shape index (κ2) is 6.36. The minimum atomic E-state index is -0.865. The van der Waals surface area contributed by atoms with Crippen molar-refractivity contribution in [1.82, 2.24) is 14.6 Å². The van der Waals surface area contributed by atoms with Crippen molar-refractivity contribution in [1.29, 1.82) is 0 Å². The van der Waals surface area contributed by atoms with Gasteiger partial charge in [0.25, 0.3) is 0 Å². The Morgan fingerprint density at radius 3 is 2.90 bits per heavy atom. The molecule has 7 heteroatoms. The van der Waals surface area contributed by atoms with Crippen LogP contribution in [0.1, 0.15) is 11.3 Å². The van der Waals surface area contributed by atoms with E-state index < -0.39 is 10.8 Å². The molecule has 3 aromatic rings. The molecule has 2 aromatic heterocycles. The van der Waals surface area contributed by atoms with Crippen LogP contribution < -0.4 is 5.32 Å². The van der Waals surface area contributed by atoms with Crippen molar-refractivity contribution in [2.45, 2.75) is 12.7 Å². The first-order valence-electron chi connectivity index (χ1n) is 6.66. The molecule has 0 fully saturated rings. The molecule has 0 radical (unpaired) electrons. The van der Waals surface area contributed by atoms with E-state index in [4.69, 9.17) is 0 Å². The first-order chi connectivity index (χ1) is 10.2. The van der Waals surface area contributed by atoms with Gasteiger partial charge < -0.3 is 5.32 Å². The van der Waals surface area contributed by atoms with E-state index in [1.165, 1.54) is 11.3 Å². The fraction of sp³-hybridized carbons (Fsp3) is 0.286. The van der Waals surface area contributed by atoms with E-state index in [2.05, 4.69) is 15.4 Å². The summed E-state index contributed by atoms with van der Waals surface area (Å²) in [6.07, 6.45) is 1.89. The molecule has 1 unspecified atom stereocenters. The fourth-order valence-electron chi connectivity index (χ4n) is 1.98. The van der Waals surface area contributed by atoms with Crippen LogP contribution in [0, 0.1) is 6.92 Å². The third-order valence-electron chi connectivity index (χ3n) is 2.94. The Morgan fingerprint density at radius 2 is 2.14 bits per heavy atom. The molecular formula is C14H16N4OS2. The molecule has 0 aliphatic rings. The van der Waals surface area contributed by atoms with Gasteiger partial charge in [-0.3, -0.25) is 4.21 Å². The lowest BCUT2D eigenvalue weighted by molar-refractivity contribution is 0.682. The summed E-state index contributed by atoms with van der Waals surface area (Å²) in [6, 6.07) is 9.91. The van der Waals surface area contributed by atoms with Crippen molar-refractivity contribution in [3.8, 4) is 0 Å². The minimum Gasteiger partial charge on any atom is -0.359 e. The van der Waals surface area contributed by atoms with Gasteiger partial charge in [0, 0.05) is 28.9 Å². The summed E-state index contributed by atoms with van der Waals surface area (Å²) in [4.78, 5) is 5.23. The van der Waals surface area contributed by atoms with Crippen molar-refractivity contribution in [3.05, 3.63) is 47.8 Å². The predicted molar refractivity (Wildman–Crippen MR) is 87.2 cm³/mol. The maximum atomic E-state index is 12.0. The molecule has 1 aromatic carbocycles. The summed E-state index contributed by atoms with van der Waals surface area (Å²) < 4.78 is 13.8. The van der Waals surface area contributed by atoms with E-state index in [0.29, 0.717) is 18.1 Å². The van der Waals surface area contributed by atoms with Gasteiger partial charge in [-0.1, -0.05) is 41.7 Å². The van der Waals surface area contributed by atoms with Crippen LogP contribution in [-0.2, 0) is 16.6 Å². The van der Waals surface area contributed by atoms with Gasteiger partial charge in [-0.15, -0.1) is 5.10 Å². The average Bonchev–Trinajstić information content (AvgIpc) is 2.96. The molecule has 0 bridgehead atoms. The van der Waals surface area contributed by atoms with E-state index >= 15 is 0 Å². The molecule has 21 heavy (non-hydrogen) atoms. The summed E-state index contributed by atoms with van der Waals surface area (Å²) in [5.74, 6) is 1.21. The Labute approximate surface area is 129 Å². The lowest BCUT2D eigenvalue weighted by Gasteiger charge is -2.03. The van der Waals surface area contributed by atoms with Crippen molar-refractivity contribution in [2.75, 3.05) is 17.6 Å². The van der Waals surface area contributed by atoms with Gasteiger partial charge in [0.2, 0.25) is 10.1 Å². The zero-order chi connectivity index (χ0) is 14.7. The van der Waals surface area contributed by atoms with Gasteiger partial charge in [0.15, 0.2) is 0 Å². The zero-order valence-electron chi connectivity index (χ0n) is 11.7. The van der Waals surface area contributed by atoms with Crippen LogP contribution >= 0.6 is 11.3 Å².